The molecule has 0 unspecified atom stereocenters. The Bertz CT molecular complexity index is 516. The lowest BCUT2D eigenvalue weighted by Crippen LogP contribution is -2.35. The van der Waals surface area contributed by atoms with Crippen LogP contribution in [0.4, 0.5) is 11.4 Å². The Labute approximate surface area is 118 Å². The highest BCUT2D eigenvalue weighted by molar-refractivity contribution is 5.79. The third-order valence-electron chi connectivity index (χ3n) is 4.40. The Morgan fingerprint density at radius 3 is 2.75 bits per heavy atom. The molecule has 20 heavy (non-hydrogen) atoms. The van der Waals surface area contributed by atoms with Crippen molar-refractivity contribution in [3.05, 3.63) is 33.9 Å². The average Bonchev–Trinajstić information content (AvgIpc) is 2.44. The van der Waals surface area contributed by atoms with Crippen molar-refractivity contribution in [1.82, 2.24) is 0 Å². The zero-order chi connectivity index (χ0) is 14.7. The van der Waals surface area contributed by atoms with E-state index in [9.17, 15) is 14.9 Å². The predicted molar refractivity (Wildman–Crippen MR) is 78.1 cm³/mol. The fraction of sp³-hybridized carbons (Fsp3) is 0.533. The fourth-order valence-corrected chi connectivity index (χ4v) is 2.88. The van der Waals surface area contributed by atoms with Crippen molar-refractivity contribution in [3.8, 4) is 0 Å². The van der Waals surface area contributed by atoms with Crippen LogP contribution in [0.15, 0.2) is 18.2 Å². The molecule has 0 radical (unpaired) electrons. The second-order valence-corrected chi connectivity index (χ2v) is 5.67. The molecule has 0 spiro atoms. The van der Waals surface area contributed by atoms with E-state index in [1.54, 1.807) is 12.1 Å². The van der Waals surface area contributed by atoms with Gasteiger partial charge in [0.05, 0.1) is 4.92 Å². The first kappa shape index (κ1) is 14.5. The molecule has 1 aromatic carbocycles. The van der Waals surface area contributed by atoms with E-state index in [2.05, 4.69) is 19.2 Å². The van der Waals surface area contributed by atoms with Gasteiger partial charge in [0.15, 0.2) is 0 Å². The van der Waals surface area contributed by atoms with Gasteiger partial charge in [0.2, 0.25) is 0 Å². The van der Waals surface area contributed by atoms with Crippen LogP contribution in [0.3, 0.4) is 0 Å². The summed E-state index contributed by atoms with van der Waals surface area (Å²) in [5, 5.41) is 14.4. The predicted octanol–water partition coefficient (Wildman–Crippen LogP) is 3.64. The van der Waals surface area contributed by atoms with Crippen molar-refractivity contribution in [2.24, 2.45) is 11.8 Å². The minimum atomic E-state index is -0.438. The van der Waals surface area contributed by atoms with Gasteiger partial charge >= 0.3 is 0 Å². The van der Waals surface area contributed by atoms with Crippen molar-refractivity contribution in [2.45, 2.75) is 39.2 Å². The molecule has 0 amide bonds. The van der Waals surface area contributed by atoms with Crippen LogP contribution in [0.2, 0.25) is 0 Å². The third kappa shape index (κ3) is 2.98. The van der Waals surface area contributed by atoms with Crippen molar-refractivity contribution in [2.75, 3.05) is 5.32 Å². The zero-order valence-corrected chi connectivity index (χ0v) is 11.8. The maximum atomic E-state index is 11.1. The van der Waals surface area contributed by atoms with Gasteiger partial charge in [-0.25, -0.2) is 0 Å². The van der Waals surface area contributed by atoms with E-state index in [1.165, 1.54) is 12.5 Å². The molecule has 1 aliphatic carbocycles. The minimum Gasteiger partial charge on any atom is -0.376 e. The quantitative estimate of drug-likeness (QED) is 0.517. The highest BCUT2D eigenvalue weighted by Gasteiger charge is 2.28. The second kappa shape index (κ2) is 6.03. The molecule has 0 saturated heterocycles. The number of carbonyl (C=O) groups excluding carboxylic acids is 1. The summed E-state index contributed by atoms with van der Waals surface area (Å²) < 4.78 is 0. The Morgan fingerprint density at radius 1 is 1.35 bits per heavy atom. The van der Waals surface area contributed by atoms with E-state index in [-0.39, 0.29) is 11.7 Å². The number of nitro groups is 1. The summed E-state index contributed by atoms with van der Waals surface area (Å²) in [6.45, 7) is 4.41. The summed E-state index contributed by atoms with van der Waals surface area (Å²) in [6.07, 6.45) is 4.01. The first-order chi connectivity index (χ1) is 9.52. The van der Waals surface area contributed by atoms with E-state index in [1.807, 2.05) is 0 Å². The number of nitrogens with zero attached hydrogens (tertiary/aromatic N) is 1. The molecule has 0 aromatic heterocycles. The normalized spacial score (nSPS) is 26.0. The smallest absolute Gasteiger partial charge is 0.293 e. The summed E-state index contributed by atoms with van der Waals surface area (Å²) in [6, 6.07) is 4.82. The highest BCUT2D eigenvalue weighted by atomic mass is 16.6. The first-order valence-corrected chi connectivity index (χ1v) is 7.03. The van der Waals surface area contributed by atoms with Crippen LogP contribution in [0.25, 0.3) is 0 Å². The van der Waals surface area contributed by atoms with Gasteiger partial charge in [-0.05, 0) is 30.4 Å². The maximum absolute atomic E-state index is 11.1. The summed E-state index contributed by atoms with van der Waals surface area (Å²) in [5.41, 5.74) is 0.805. The Morgan fingerprint density at radius 2 is 2.10 bits per heavy atom. The summed E-state index contributed by atoms with van der Waals surface area (Å²) >= 11 is 0. The first-order valence-electron chi connectivity index (χ1n) is 7.03. The van der Waals surface area contributed by atoms with Gasteiger partial charge in [-0.15, -0.1) is 0 Å². The number of nitrogens with one attached hydrogen (secondary N) is 1. The zero-order valence-electron chi connectivity index (χ0n) is 11.8. The Kier molecular flexibility index (Phi) is 4.37. The Hall–Kier alpha value is -1.91. The standard InChI is InChI=1S/C15H20N2O3/c1-10-4-3-5-13(11(10)2)16-14-7-6-12(9-18)8-15(14)17(19)20/h6-11,13,16H,3-5H2,1-2H3/t10-,11+,13+/m0/s1. The fourth-order valence-electron chi connectivity index (χ4n) is 2.88. The highest BCUT2D eigenvalue weighted by Crippen LogP contribution is 2.34. The molecule has 108 valence electrons. The van der Waals surface area contributed by atoms with E-state index < -0.39 is 4.92 Å². The molecule has 3 atom stereocenters. The second-order valence-electron chi connectivity index (χ2n) is 5.67. The summed E-state index contributed by atoms with van der Waals surface area (Å²) in [7, 11) is 0. The van der Waals surface area contributed by atoms with Crippen LogP contribution in [0.5, 0.6) is 0 Å². The topological polar surface area (TPSA) is 72.2 Å². The number of hydrogen-bond acceptors (Lipinski definition) is 4. The van der Waals surface area contributed by atoms with Crippen LogP contribution in [0.1, 0.15) is 43.5 Å². The monoisotopic (exact) mass is 276 g/mol. The van der Waals surface area contributed by atoms with E-state index in [4.69, 9.17) is 0 Å². The molecule has 5 nitrogen and oxygen atoms in total. The minimum absolute atomic E-state index is 0.0278. The van der Waals surface area contributed by atoms with Crippen molar-refractivity contribution in [3.63, 3.8) is 0 Å². The number of benzene rings is 1. The molecule has 5 heteroatoms. The number of carbonyl (C=O) groups is 1. The molecular weight excluding hydrogens is 256 g/mol. The lowest BCUT2D eigenvalue weighted by atomic mass is 9.78. The molecular formula is C15H20N2O3. The van der Waals surface area contributed by atoms with Crippen LogP contribution in [0, 0.1) is 22.0 Å². The van der Waals surface area contributed by atoms with Gasteiger partial charge in [0, 0.05) is 17.7 Å². The van der Waals surface area contributed by atoms with Crippen LogP contribution in [-0.2, 0) is 0 Å². The number of hydrogen-bond donors (Lipinski definition) is 1. The SMILES string of the molecule is C[C@@H]1[C@@H](C)CCC[C@H]1Nc1ccc(C=O)cc1[N+](=O)[O-]. The van der Waals surface area contributed by atoms with E-state index in [0.29, 0.717) is 29.4 Å². The van der Waals surface area contributed by atoms with Crippen LogP contribution in [-0.4, -0.2) is 17.3 Å². The van der Waals surface area contributed by atoms with Crippen molar-refractivity contribution < 1.29 is 9.72 Å². The Balaban J connectivity index is 2.24. The summed E-state index contributed by atoms with van der Waals surface area (Å²) in [5.74, 6) is 1.10. The van der Waals surface area contributed by atoms with Gasteiger partial charge in [-0.3, -0.25) is 14.9 Å². The van der Waals surface area contributed by atoms with E-state index >= 15 is 0 Å². The molecule has 1 N–H and O–H groups in total. The van der Waals surface area contributed by atoms with Gasteiger partial charge in [-0.1, -0.05) is 26.7 Å². The summed E-state index contributed by atoms with van der Waals surface area (Å²) in [4.78, 5) is 21.4. The van der Waals surface area contributed by atoms with Crippen LogP contribution >= 0.6 is 0 Å². The lowest BCUT2D eigenvalue weighted by Gasteiger charge is -2.35. The number of rotatable bonds is 4. The molecule has 0 aliphatic heterocycles. The molecule has 1 aliphatic rings. The van der Waals surface area contributed by atoms with Crippen molar-refractivity contribution in [1.29, 1.82) is 0 Å². The van der Waals surface area contributed by atoms with Gasteiger partial charge in [-0.2, -0.15) is 0 Å². The molecule has 1 aromatic rings. The molecule has 1 saturated carbocycles. The van der Waals surface area contributed by atoms with Gasteiger partial charge < -0.3 is 5.32 Å². The maximum Gasteiger partial charge on any atom is 0.293 e. The number of aldehydes is 1. The lowest BCUT2D eigenvalue weighted by molar-refractivity contribution is -0.384. The van der Waals surface area contributed by atoms with Gasteiger partial charge in [0.1, 0.15) is 12.0 Å². The average molecular weight is 276 g/mol. The molecule has 1 fully saturated rings. The largest absolute Gasteiger partial charge is 0.376 e. The molecule has 2 rings (SSSR count). The van der Waals surface area contributed by atoms with E-state index in [0.717, 1.165) is 12.8 Å². The molecule has 0 bridgehead atoms. The van der Waals surface area contributed by atoms with Crippen LogP contribution < -0.4 is 5.32 Å². The molecule has 0 heterocycles. The number of anilines is 1. The third-order valence-corrected chi connectivity index (χ3v) is 4.40. The van der Waals surface area contributed by atoms with Gasteiger partial charge in [0.25, 0.3) is 5.69 Å². The van der Waals surface area contributed by atoms with Crippen molar-refractivity contribution >= 4 is 17.7 Å². The number of nitro benzene ring substituents is 1.